The Morgan fingerprint density at radius 1 is 0.333 bits per heavy atom. The molecule has 5 aromatic carbocycles. The average Bonchev–Trinajstić information content (AvgIpc) is 2.96. The minimum atomic E-state index is 1.01. The molecule has 36 heavy (non-hydrogen) atoms. The van der Waals surface area contributed by atoms with E-state index in [1.165, 1.54) is 0 Å². The molecule has 0 fully saturated rings. The van der Waals surface area contributed by atoms with Gasteiger partial charge in [0.25, 0.3) is 0 Å². The molecule has 0 unspecified atom stereocenters. The highest BCUT2D eigenvalue weighted by Crippen LogP contribution is 2.26. The van der Waals surface area contributed by atoms with Crippen molar-refractivity contribution in [1.29, 1.82) is 0 Å². The monoisotopic (exact) mass is 466 g/mol. The van der Waals surface area contributed by atoms with Crippen molar-refractivity contribution in [3.05, 3.63) is 157 Å². The maximum absolute atomic E-state index is 4.78. The van der Waals surface area contributed by atoms with Crippen LogP contribution in [0.4, 0.5) is 22.7 Å². The first-order chi connectivity index (χ1) is 17.9. The van der Waals surface area contributed by atoms with Crippen molar-refractivity contribution >= 4 is 35.2 Å². The lowest BCUT2D eigenvalue weighted by Crippen LogP contribution is -2.09. The average molecular weight is 467 g/mol. The molecule has 0 saturated heterocycles. The Balaban J connectivity index is 1.36. The minimum absolute atomic E-state index is 1.01. The second kappa shape index (κ2) is 11.4. The van der Waals surface area contributed by atoms with Crippen LogP contribution in [0.1, 0.15) is 11.1 Å². The van der Waals surface area contributed by atoms with Crippen LogP contribution in [0.25, 0.3) is 0 Å². The fourth-order valence-electron chi connectivity index (χ4n) is 3.76. The zero-order valence-electron chi connectivity index (χ0n) is 19.8. The van der Waals surface area contributed by atoms with Crippen LogP contribution in [0.15, 0.2) is 156 Å². The van der Waals surface area contributed by atoms with E-state index in [0.29, 0.717) is 0 Å². The third-order valence-corrected chi connectivity index (χ3v) is 5.58. The topological polar surface area (TPSA) is 31.2 Å². The predicted octanol–water partition coefficient (Wildman–Crippen LogP) is 8.03. The molecule has 4 nitrogen and oxygen atoms in total. The Kier molecular flexibility index (Phi) is 7.26. The van der Waals surface area contributed by atoms with E-state index >= 15 is 0 Å². The summed E-state index contributed by atoms with van der Waals surface area (Å²) in [6.45, 7) is 0. The first-order valence-electron chi connectivity index (χ1n) is 11.9. The molecule has 0 saturated carbocycles. The number of benzene rings is 5. The van der Waals surface area contributed by atoms with E-state index in [0.717, 1.165) is 33.9 Å². The molecule has 0 radical (unpaired) electrons. The Bertz CT molecular complexity index is 1210. The highest BCUT2D eigenvalue weighted by Gasteiger charge is 2.07. The van der Waals surface area contributed by atoms with Gasteiger partial charge in [-0.05, 0) is 59.7 Å². The Hall–Kier alpha value is -4.96. The number of hydrogen-bond acceptors (Lipinski definition) is 4. The molecule has 0 aliphatic heterocycles. The molecule has 0 aliphatic rings. The van der Waals surface area contributed by atoms with E-state index in [2.05, 4.69) is 48.5 Å². The molecule has 5 aromatic rings. The molecule has 4 heteroatoms. The fraction of sp³-hybridized carbons (Fsp3) is 0. The second-order valence-corrected chi connectivity index (χ2v) is 8.12. The summed E-state index contributed by atoms with van der Waals surface area (Å²) in [6, 6.07) is 48.8. The van der Waals surface area contributed by atoms with Gasteiger partial charge in [-0.2, -0.15) is 10.2 Å². The zero-order chi connectivity index (χ0) is 24.4. The van der Waals surface area contributed by atoms with Gasteiger partial charge in [0.15, 0.2) is 0 Å². The number of anilines is 4. The van der Waals surface area contributed by atoms with Crippen LogP contribution in [-0.4, -0.2) is 12.4 Å². The summed E-state index contributed by atoms with van der Waals surface area (Å²) < 4.78 is 0. The van der Waals surface area contributed by atoms with Crippen molar-refractivity contribution in [2.24, 2.45) is 10.2 Å². The van der Waals surface area contributed by atoms with Crippen molar-refractivity contribution in [3.63, 3.8) is 0 Å². The molecule has 0 aromatic heterocycles. The first-order valence-corrected chi connectivity index (χ1v) is 11.9. The Morgan fingerprint density at radius 3 is 0.833 bits per heavy atom. The van der Waals surface area contributed by atoms with E-state index < -0.39 is 0 Å². The van der Waals surface area contributed by atoms with E-state index in [-0.39, 0.29) is 0 Å². The standard InChI is InChI=1S/C32H26N4/c1-5-13-29(14-6-1)35(30-15-7-2-8-16-30)33-25-27-21-23-28(24-22-27)26-34-36(31-17-9-3-10-18-31)32-19-11-4-12-20-32/h1-26H/b33-25-,34-26-. The third-order valence-electron chi connectivity index (χ3n) is 5.58. The Morgan fingerprint density at radius 2 is 0.583 bits per heavy atom. The molecule has 0 N–H and O–H groups in total. The van der Waals surface area contributed by atoms with E-state index in [9.17, 15) is 0 Å². The van der Waals surface area contributed by atoms with Gasteiger partial charge in [0.2, 0.25) is 0 Å². The number of nitrogens with zero attached hydrogens (tertiary/aromatic N) is 4. The van der Waals surface area contributed by atoms with Crippen molar-refractivity contribution in [1.82, 2.24) is 0 Å². The fourth-order valence-corrected chi connectivity index (χ4v) is 3.76. The lowest BCUT2D eigenvalue weighted by molar-refractivity contribution is 1.09. The van der Waals surface area contributed by atoms with Gasteiger partial charge in [-0.15, -0.1) is 0 Å². The molecule has 5 rings (SSSR count). The van der Waals surface area contributed by atoms with Crippen molar-refractivity contribution in [2.45, 2.75) is 0 Å². The quantitative estimate of drug-likeness (QED) is 0.171. The summed E-state index contributed by atoms with van der Waals surface area (Å²) >= 11 is 0. The maximum atomic E-state index is 4.78. The van der Waals surface area contributed by atoms with E-state index in [4.69, 9.17) is 10.2 Å². The molecule has 0 atom stereocenters. The number of para-hydroxylation sites is 4. The van der Waals surface area contributed by atoms with Crippen LogP contribution >= 0.6 is 0 Å². The van der Waals surface area contributed by atoms with Crippen molar-refractivity contribution in [2.75, 3.05) is 10.0 Å². The van der Waals surface area contributed by atoms with Gasteiger partial charge >= 0.3 is 0 Å². The number of hydrogen-bond donors (Lipinski definition) is 0. The molecular formula is C32H26N4. The maximum Gasteiger partial charge on any atom is 0.0652 e. The van der Waals surface area contributed by atoms with Crippen LogP contribution < -0.4 is 10.0 Å². The highest BCUT2D eigenvalue weighted by molar-refractivity contribution is 5.86. The summed E-state index contributed by atoms with van der Waals surface area (Å²) in [4.78, 5) is 0. The summed E-state index contributed by atoms with van der Waals surface area (Å²) in [5.41, 5.74) is 6.03. The van der Waals surface area contributed by atoms with Crippen LogP contribution in [0.5, 0.6) is 0 Å². The van der Waals surface area contributed by atoms with Crippen LogP contribution in [-0.2, 0) is 0 Å². The molecule has 174 valence electrons. The van der Waals surface area contributed by atoms with Gasteiger partial charge in [-0.25, -0.2) is 10.0 Å². The summed E-state index contributed by atoms with van der Waals surface area (Å²) in [5.74, 6) is 0. The number of hydrazone groups is 2. The van der Waals surface area contributed by atoms with Crippen molar-refractivity contribution < 1.29 is 0 Å². The SMILES string of the molecule is C(=N/N(c1ccccc1)c1ccccc1)/c1ccc(/C=N\N(c2ccccc2)c2ccccc2)cc1. The smallest absolute Gasteiger partial charge is 0.0652 e. The summed E-state index contributed by atoms with van der Waals surface area (Å²) in [7, 11) is 0. The predicted molar refractivity (Wildman–Crippen MR) is 152 cm³/mol. The van der Waals surface area contributed by atoms with E-state index in [1.54, 1.807) is 0 Å². The van der Waals surface area contributed by atoms with Gasteiger partial charge in [-0.3, -0.25) is 0 Å². The molecule has 0 heterocycles. The summed E-state index contributed by atoms with van der Waals surface area (Å²) in [6.07, 6.45) is 3.75. The Labute approximate surface area is 212 Å². The lowest BCUT2D eigenvalue weighted by atomic mass is 10.2. The summed E-state index contributed by atoms with van der Waals surface area (Å²) in [5, 5.41) is 13.4. The largest absolute Gasteiger partial charge is 0.234 e. The van der Waals surface area contributed by atoms with Crippen LogP contribution in [0.3, 0.4) is 0 Å². The first kappa shape index (κ1) is 22.8. The van der Waals surface area contributed by atoms with Crippen molar-refractivity contribution in [3.8, 4) is 0 Å². The zero-order valence-corrected chi connectivity index (χ0v) is 19.8. The minimum Gasteiger partial charge on any atom is -0.234 e. The van der Waals surface area contributed by atoms with Gasteiger partial charge in [0.05, 0.1) is 35.2 Å². The van der Waals surface area contributed by atoms with Gasteiger partial charge in [-0.1, -0.05) is 97.1 Å². The third kappa shape index (κ3) is 5.75. The second-order valence-electron chi connectivity index (χ2n) is 8.12. The van der Waals surface area contributed by atoms with Crippen LogP contribution in [0.2, 0.25) is 0 Å². The molecule has 0 spiro atoms. The van der Waals surface area contributed by atoms with E-state index in [1.807, 2.05) is 120 Å². The van der Waals surface area contributed by atoms with Crippen LogP contribution in [0, 0.1) is 0 Å². The molecule has 0 bridgehead atoms. The molecule has 0 aliphatic carbocycles. The normalized spacial score (nSPS) is 11.1. The molecular weight excluding hydrogens is 440 g/mol. The van der Waals surface area contributed by atoms with Gasteiger partial charge in [0, 0.05) is 0 Å². The lowest BCUT2D eigenvalue weighted by Gasteiger charge is -2.19. The highest BCUT2D eigenvalue weighted by atomic mass is 15.5. The van der Waals surface area contributed by atoms with Gasteiger partial charge < -0.3 is 0 Å². The number of rotatable bonds is 8. The molecule has 0 amide bonds. The van der Waals surface area contributed by atoms with Gasteiger partial charge in [0.1, 0.15) is 0 Å².